The van der Waals surface area contributed by atoms with Gasteiger partial charge in [-0.25, -0.2) is 0 Å². The molecule has 0 amide bonds. The quantitative estimate of drug-likeness (QED) is 0.400. The number of non-ortho nitro benzene ring substituents is 1. The second-order valence-corrected chi connectivity index (χ2v) is 6.90. The molecule has 1 N–H and O–H groups in total. The van der Waals surface area contributed by atoms with Crippen LogP contribution in [0.1, 0.15) is 51.0 Å². The summed E-state index contributed by atoms with van der Waals surface area (Å²) in [6.45, 7) is 7.66. The molecule has 0 unspecified atom stereocenters. The third-order valence-corrected chi connectivity index (χ3v) is 4.92. The lowest BCUT2D eigenvalue weighted by Crippen LogP contribution is -2.37. The largest absolute Gasteiger partial charge is 0.312 e. The summed E-state index contributed by atoms with van der Waals surface area (Å²) >= 11 is 0. The van der Waals surface area contributed by atoms with Gasteiger partial charge in [0.05, 0.1) is 4.92 Å². The van der Waals surface area contributed by atoms with Gasteiger partial charge < -0.3 is 10.2 Å². The van der Waals surface area contributed by atoms with Gasteiger partial charge in [0.15, 0.2) is 0 Å². The van der Waals surface area contributed by atoms with E-state index in [1.54, 1.807) is 18.2 Å². The number of likely N-dealkylation sites (tertiary alicyclic amines) is 1. The molecule has 2 rings (SSSR count). The SMILES string of the molecule is CCCCCCN1CCC(CNCc2cccc([N+](=O)[O-])c2)CC1. The van der Waals surface area contributed by atoms with Crippen LogP contribution in [0.3, 0.4) is 0 Å². The highest BCUT2D eigenvalue weighted by molar-refractivity contribution is 5.34. The predicted molar refractivity (Wildman–Crippen MR) is 98.1 cm³/mol. The van der Waals surface area contributed by atoms with Gasteiger partial charge in [0.2, 0.25) is 0 Å². The fourth-order valence-corrected chi connectivity index (χ4v) is 3.38. The first kappa shape index (κ1) is 18.9. The smallest absolute Gasteiger partial charge is 0.269 e. The number of benzene rings is 1. The fourth-order valence-electron chi connectivity index (χ4n) is 3.38. The summed E-state index contributed by atoms with van der Waals surface area (Å²) in [7, 11) is 0. The minimum Gasteiger partial charge on any atom is -0.312 e. The van der Waals surface area contributed by atoms with Crippen LogP contribution >= 0.6 is 0 Å². The minimum atomic E-state index is -0.334. The average Bonchev–Trinajstić information content (AvgIpc) is 2.60. The molecule has 134 valence electrons. The van der Waals surface area contributed by atoms with E-state index in [1.165, 1.54) is 58.2 Å². The maximum atomic E-state index is 10.8. The molecule has 0 atom stereocenters. The van der Waals surface area contributed by atoms with Crippen molar-refractivity contribution < 1.29 is 4.92 Å². The Hall–Kier alpha value is -1.46. The van der Waals surface area contributed by atoms with Crippen LogP contribution < -0.4 is 5.32 Å². The van der Waals surface area contributed by atoms with E-state index in [9.17, 15) is 10.1 Å². The van der Waals surface area contributed by atoms with Crippen molar-refractivity contribution in [2.45, 2.75) is 52.0 Å². The summed E-state index contributed by atoms with van der Waals surface area (Å²) in [6, 6.07) is 6.90. The molecule has 1 aromatic carbocycles. The van der Waals surface area contributed by atoms with Gasteiger partial charge in [0, 0.05) is 18.7 Å². The molecule has 5 heteroatoms. The van der Waals surface area contributed by atoms with Gasteiger partial charge in [-0.3, -0.25) is 10.1 Å². The highest BCUT2D eigenvalue weighted by Crippen LogP contribution is 2.18. The van der Waals surface area contributed by atoms with E-state index < -0.39 is 0 Å². The Bertz CT molecular complexity index is 499. The number of piperidine rings is 1. The zero-order valence-corrected chi connectivity index (χ0v) is 14.9. The Labute approximate surface area is 145 Å². The zero-order chi connectivity index (χ0) is 17.2. The molecule has 1 aliphatic heterocycles. The van der Waals surface area contributed by atoms with Crippen LogP contribution in [0.5, 0.6) is 0 Å². The van der Waals surface area contributed by atoms with Gasteiger partial charge in [-0.15, -0.1) is 0 Å². The van der Waals surface area contributed by atoms with Crippen molar-refractivity contribution >= 4 is 5.69 Å². The van der Waals surface area contributed by atoms with Crippen LogP contribution in [0.4, 0.5) is 5.69 Å². The van der Waals surface area contributed by atoms with E-state index in [2.05, 4.69) is 17.1 Å². The zero-order valence-electron chi connectivity index (χ0n) is 14.9. The predicted octanol–water partition coefficient (Wildman–Crippen LogP) is 3.98. The molecule has 0 spiro atoms. The van der Waals surface area contributed by atoms with E-state index in [1.807, 2.05) is 6.07 Å². The molecule has 0 radical (unpaired) electrons. The number of nitro groups is 1. The molecule has 1 aromatic rings. The van der Waals surface area contributed by atoms with E-state index >= 15 is 0 Å². The maximum Gasteiger partial charge on any atom is 0.269 e. The number of unbranched alkanes of at least 4 members (excludes halogenated alkanes) is 3. The number of hydrogen-bond donors (Lipinski definition) is 1. The molecular formula is C19H31N3O2. The van der Waals surface area contributed by atoms with Crippen LogP contribution in [-0.4, -0.2) is 36.0 Å². The lowest BCUT2D eigenvalue weighted by Gasteiger charge is -2.32. The summed E-state index contributed by atoms with van der Waals surface area (Å²) in [5.41, 5.74) is 1.16. The summed E-state index contributed by atoms with van der Waals surface area (Å²) in [5.74, 6) is 0.732. The summed E-state index contributed by atoms with van der Waals surface area (Å²) in [5, 5.41) is 14.3. The van der Waals surface area contributed by atoms with Crippen molar-refractivity contribution in [2.24, 2.45) is 5.92 Å². The number of hydrogen-bond acceptors (Lipinski definition) is 4. The van der Waals surface area contributed by atoms with Gasteiger partial charge in [-0.2, -0.15) is 0 Å². The topological polar surface area (TPSA) is 58.4 Å². The molecule has 0 aliphatic carbocycles. The molecule has 1 heterocycles. The standard InChI is InChI=1S/C19H31N3O2/c1-2-3-4-5-11-21-12-9-17(10-13-21)15-20-16-18-7-6-8-19(14-18)22(23)24/h6-8,14,17,20H,2-5,9-13,15-16H2,1H3. The van der Waals surface area contributed by atoms with Gasteiger partial charge in [0.25, 0.3) is 5.69 Å². The third kappa shape index (κ3) is 6.57. The van der Waals surface area contributed by atoms with Crippen molar-refractivity contribution in [1.82, 2.24) is 10.2 Å². The van der Waals surface area contributed by atoms with Crippen molar-refractivity contribution in [3.63, 3.8) is 0 Å². The Balaban J connectivity index is 1.61. The van der Waals surface area contributed by atoms with Gasteiger partial charge in [-0.05, 0) is 56.9 Å². The van der Waals surface area contributed by atoms with Crippen molar-refractivity contribution in [2.75, 3.05) is 26.2 Å². The Morgan fingerprint density at radius 2 is 2.04 bits per heavy atom. The van der Waals surface area contributed by atoms with E-state index in [0.29, 0.717) is 6.54 Å². The van der Waals surface area contributed by atoms with Gasteiger partial charge >= 0.3 is 0 Å². The summed E-state index contributed by atoms with van der Waals surface area (Å²) in [6.07, 6.45) is 7.88. The van der Waals surface area contributed by atoms with E-state index in [4.69, 9.17) is 0 Å². The molecule has 24 heavy (non-hydrogen) atoms. The normalized spacial score (nSPS) is 16.4. The number of nitro benzene ring substituents is 1. The second-order valence-electron chi connectivity index (χ2n) is 6.90. The van der Waals surface area contributed by atoms with Crippen LogP contribution in [0, 0.1) is 16.0 Å². The van der Waals surface area contributed by atoms with E-state index in [0.717, 1.165) is 18.0 Å². The average molecular weight is 333 g/mol. The van der Waals surface area contributed by atoms with Crippen molar-refractivity contribution in [3.8, 4) is 0 Å². The first-order valence-electron chi connectivity index (χ1n) is 9.35. The lowest BCUT2D eigenvalue weighted by atomic mass is 9.96. The highest BCUT2D eigenvalue weighted by Gasteiger charge is 2.18. The number of rotatable bonds is 10. The Kier molecular flexibility index (Phi) is 8.19. The fraction of sp³-hybridized carbons (Fsp3) is 0.684. The van der Waals surface area contributed by atoms with Crippen molar-refractivity contribution in [1.29, 1.82) is 0 Å². The van der Waals surface area contributed by atoms with E-state index in [-0.39, 0.29) is 10.6 Å². The first-order chi connectivity index (χ1) is 11.7. The van der Waals surface area contributed by atoms with Crippen LogP contribution in [0.25, 0.3) is 0 Å². The lowest BCUT2D eigenvalue weighted by molar-refractivity contribution is -0.384. The molecule has 0 aromatic heterocycles. The molecule has 0 saturated carbocycles. The Morgan fingerprint density at radius 1 is 1.25 bits per heavy atom. The number of nitrogens with one attached hydrogen (secondary N) is 1. The second kappa shape index (κ2) is 10.4. The summed E-state index contributed by atoms with van der Waals surface area (Å²) < 4.78 is 0. The van der Waals surface area contributed by atoms with Gasteiger partial charge in [0.1, 0.15) is 0 Å². The molecular weight excluding hydrogens is 302 g/mol. The van der Waals surface area contributed by atoms with Crippen LogP contribution in [-0.2, 0) is 6.54 Å². The van der Waals surface area contributed by atoms with Crippen molar-refractivity contribution in [3.05, 3.63) is 39.9 Å². The number of nitrogens with zero attached hydrogens (tertiary/aromatic N) is 2. The minimum absolute atomic E-state index is 0.172. The molecule has 0 bridgehead atoms. The highest BCUT2D eigenvalue weighted by atomic mass is 16.6. The molecule has 1 aliphatic rings. The molecule has 1 fully saturated rings. The monoisotopic (exact) mass is 333 g/mol. The maximum absolute atomic E-state index is 10.8. The molecule has 1 saturated heterocycles. The molecule has 5 nitrogen and oxygen atoms in total. The Morgan fingerprint density at radius 3 is 2.75 bits per heavy atom. The summed E-state index contributed by atoms with van der Waals surface area (Å²) in [4.78, 5) is 13.1. The van der Waals surface area contributed by atoms with Gasteiger partial charge in [-0.1, -0.05) is 38.3 Å². The first-order valence-corrected chi connectivity index (χ1v) is 9.35. The van der Waals surface area contributed by atoms with Crippen LogP contribution in [0.2, 0.25) is 0 Å². The van der Waals surface area contributed by atoms with Crippen LogP contribution in [0.15, 0.2) is 24.3 Å². The third-order valence-electron chi connectivity index (χ3n) is 4.92.